The van der Waals surface area contributed by atoms with E-state index in [1.54, 1.807) is 30.3 Å². The van der Waals surface area contributed by atoms with Crippen LogP contribution >= 0.6 is 0 Å². The van der Waals surface area contributed by atoms with Gasteiger partial charge in [0.15, 0.2) is 0 Å². The molecule has 1 heterocycles. The highest BCUT2D eigenvalue weighted by atomic mass is 16.2. The van der Waals surface area contributed by atoms with E-state index in [0.717, 1.165) is 11.3 Å². The first-order valence-electron chi connectivity index (χ1n) is 9.68. The first kappa shape index (κ1) is 20.3. The highest BCUT2D eigenvalue weighted by molar-refractivity contribution is 5.94. The van der Waals surface area contributed by atoms with E-state index in [1.165, 1.54) is 0 Å². The Morgan fingerprint density at radius 1 is 0.931 bits per heavy atom. The standard InChI is InChI=1S/C24H25N3O2/c1-27(17-15-21-14-8-9-16-25-21)23(28)18-22(19-10-4-2-5-11-19)26-24(29)20-12-6-3-7-13-20/h2-14,16,22H,15,17-18H2,1H3,(H,26,29). The Hall–Kier alpha value is -3.47. The van der Waals surface area contributed by atoms with E-state index in [-0.39, 0.29) is 18.2 Å². The lowest BCUT2D eigenvalue weighted by molar-refractivity contribution is -0.130. The molecule has 3 rings (SSSR count). The van der Waals surface area contributed by atoms with Gasteiger partial charge in [-0.05, 0) is 29.8 Å². The molecule has 0 bridgehead atoms. The molecule has 0 fully saturated rings. The predicted octanol–water partition coefficient (Wildman–Crippen LogP) is 3.64. The van der Waals surface area contributed by atoms with Crippen LogP contribution < -0.4 is 5.32 Å². The Morgan fingerprint density at radius 2 is 1.59 bits per heavy atom. The van der Waals surface area contributed by atoms with Crippen LogP contribution in [0.15, 0.2) is 85.1 Å². The Balaban J connectivity index is 1.66. The maximum absolute atomic E-state index is 12.8. The van der Waals surface area contributed by atoms with Crippen molar-refractivity contribution in [3.63, 3.8) is 0 Å². The lowest BCUT2D eigenvalue weighted by Gasteiger charge is -2.23. The van der Waals surface area contributed by atoms with Crippen molar-refractivity contribution in [1.82, 2.24) is 15.2 Å². The van der Waals surface area contributed by atoms with Gasteiger partial charge in [0.1, 0.15) is 0 Å². The van der Waals surface area contributed by atoms with Gasteiger partial charge in [0, 0.05) is 37.5 Å². The molecule has 1 aromatic heterocycles. The molecule has 0 spiro atoms. The van der Waals surface area contributed by atoms with Gasteiger partial charge in [0.2, 0.25) is 5.91 Å². The number of benzene rings is 2. The van der Waals surface area contributed by atoms with Crippen LogP contribution in [0.3, 0.4) is 0 Å². The molecule has 148 valence electrons. The van der Waals surface area contributed by atoms with Gasteiger partial charge in [-0.3, -0.25) is 14.6 Å². The molecule has 1 N–H and O–H groups in total. The minimum Gasteiger partial charge on any atom is -0.345 e. The number of carbonyl (C=O) groups excluding carboxylic acids is 2. The number of nitrogens with zero attached hydrogens (tertiary/aromatic N) is 2. The average molecular weight is 387 g/mol. The summed E-state index contributed by atoms with van der Waals surface area (Å²) >= 11 is 0. The third-order valence-corrected chi connectivity index (χ3v) is 4.78. The lowest BCUT2D eigenvalue weighted by atomic mass is 10.0. The predicted molar refractivity (Wildman–Crippen MR) is 113 cm³/mol. The summed E-state index contributed by atoms with van der Waals surface area (Å²) in [6.45, 7) is 0.573. The van der Waals surface area contributed by atoms with E-state index in [0.29, 0.717) is 18.5 Å². The summed E-state index contributed by atoms with van der Waals surface area (Å²) in [4.78, 5) is 31.5. The van der Waals surface area contributed by atoms with E-state index in [2.05, 4.69) is 10.3 Å². The normalized spacial score (nSPS) is 11.5. The van der Waals surface area contributed by atoms with Crippen LogP contribution in [0, 0.1) is 0 Å². The minimum atomic E-state index is -0.395. The fraction of sp³-hybridized carbons (Fsp3) is 0.208. The minimum absolute atomic E-state index is 0.0249. The zero-order valence-electron chi connectivity index (χ0n) is 16.5. The van der Waals surface area contributed by atoms with E-state index in [9.17, 15) is 9.59 Å². The van der Waals surface area contributed by atoms with Crippen LogP contribution in [0.5, 0.6) is 0 Å². The first-order chi connectivity index (χ1) is 14.1. The number of aromatic nitrogens is 1. The van der Waals surface area contributed by atoms with Crippen molar-refractivity contribution in [3.8, 4) is 0 Å². The Morgan fingerprint density at radius 3 is 2.24 bits per heavy atom. The quantitative estimate of drug-likeness (QED) is 0.642. The molecule has 5 heteroatoms. The van der Waals surface area contributed by atoms with Crippen LogP contribution in [0.4, 0.5) is 0 Å². The number of nitrogens with one attached hydrogen (secondary N) is 1. The maximum Gasteiger partial charge on any atom is 0.251 e. The van der Waals surface area contributed by atoms with Gasteiger partial charge >= 0.3 is 0 Å². The number of carbonyl (C=O) groups is 2. The van der Waals surface area contributed by atoms with Gasteiger partial charge in [-0.15, -0.1) is 0 Å². The van der Waals surface area contributed by atoms with Crippen molar-refractivity contribution in [2.75, 3.05) is 13.6 Å². The number of hydrogen-bond acceptors (Lipinski definition) is 3. The molecule has 0 aliphatic rings. The summed E-state index contributed by atoms with van der Waals surface area (Å²) in [7, 11) is 1.78. The van der Waals surface area contributed by atoms with Crippen molar-refractivity contribution in [2.45, 2.75) is 18.9 Å². The largest absolute Gasteiger partial charge is 0.345 e. The fourth-order valence-corrected chi connectivity index (χ4v) is 3.05. The molecule has 0 radical (unpaired) electrons. The zero-order valence-corrected chi connectivity index (χ0v) is 16.5. The Kier molecular flexibility index (Phi) is 7.11. The van der Waals surface area contributed by atoms with Gasteiger partial charge in [-0.2, -0.15) is 0 Å². The van der Waals surface area contributed by atoms with Gasteiger partial charge in [0.05, 0.1) is 12.5 Å². The summed E-state index contributed by atoms with van der Waals surface area (Å²) in [5, 5.41) is 3.01. The van der Waals surface area contributed by atoms with Crippen molar-refractivity contribution in [1.29, 1.82) is 0 Å². The molecule has 0 aliphatic carbocycles. The number of amides is 2. The van der Waals surface area contributed by atoms with Gasteiger partial charge < -0.3 is 10.2 Å². The number of likely N-dealkylation sites (N-methyl/N-ethyl adjacent to an activating group) is 1. The summed E-state index contributed by atoms with van der Waals surface area (Å²) in [6.07, 6.45) is 2.64. The third-order valence-electron chi connectivity index (χ3n) is 4.78. The van der Waals surface area contributed by atoms with E-state index >= 15 is 0 Å². The van der Waals surface area contributed by atoms with Crippen molar-refractivity contribution < 1.29 is 9.59 Å². The summed E-state index contributed by atoms with van der Waals surface area (Å²) in [5.74, 6) is -0.216. The molecule has 3 aromatic rings. The SMILES string of the molecule is CN(CCc1ccccn1)C(=O)CC(NC(=O)c1ccccc1)c1ccccc1. The Labute approximate surface area is 171 Å². The van der Waals surface area contributed by atoms with Crippen LogP contribution in [0.25, 0.3) is 0 Å². The first-order valence-corrected chi connectivity index (χ1v) is 9.68. The molecular weight excluding hydrogens is 362 g/mol. The van der Waals surface area contributed by atoms with E-state index < -0.39 is 6.04 Å². The smallest absolute Gasteiger partial charge is 0.251 e. The monoisotopic (exact) mass is 387 g/mol. The number of rotatable bonds is 8. The van der Waals surface area contributed by atoms with Gasteiger partial charge in [-0.25, -0.2) is 0 Å². The Bertz CT molecular complexity index is 915. The van der Waals surface area contributed by atoms with Crippen LogP contribution in [0.1, 0.15) is 34.1 Å². The fourth-order valence-electron chi connectivity index (χ4n) is 3.05. The van der Waals surface area contributed by atoms with Gasteiger partial charge in [0.25, 0.3) is 5.91 Å². The molecule has 1 atom stereocenters. The second-order valence-electron chi connectivity index (χ2n) is 6.89. The molecule has 2 amide bonds. The molecule has 0 saturated heterocycles. The molecule has 0 saturated carbocycles. The van der Waals surface area contributed by atoms with Crippen molar-refractivity contribution in [3.05, 3.63) is 102 Å². The zero-order chi connectivity index (χ0) is 20.5. The van der Waals surface area contributed by atoms with E-state index in [4.69, 9.17) is 0 Å². The lowest BCUT2D eigenvalue weighted by Crippen LogP contribution is -2.35. The highest BCUT2D eigenvalue weighted by Crippen LogP contribution is 2.18. The van der Waals surface area contributed by atoms with Crippen molar-refractivity contribution >= 4 is 11.8 Å². The molecular formula is C24H25N3O2. The molecule has 29 heavy (non-hydrogen) atoms. The van der Waals surface area contributed by atoms with E-state index in [1.807, 2.05) is 66.7 Å². The second kappa shape index (κ2) is 10.2. The summed E-state index contributed by atoms with van der Waals surface area (Å²) < 4.78 is 0. The molecule has 0 aliphatic heterocycles. The van der Waals surface area contributed by atoms with Gasteiger partial charge in [-0.1, -0.05) is 54.6 Å². The summed E-state index contributed by atoms with van der Waals surface area (Å²) in [5.41, 5.74) is 2.43. The highest BCUT2D eigenvalue weighted by Gasteiger charge is 2.21. The molecule has 2 aromatic carbocycles. The maximum atomic E-state index is 12.8. The van der Waals surface area contributed by atoms with Crippen molar-refractivity contribution in [2.24, 2.45) is 0 Å². The molecule has 5 nitrogen and oxygen atoms in total. The van der Waals surface area contributed by atoms with Crippen LogP contribution in [0.2, 0.25) is 0 Å². The summed E-state index contributed by atoms with van der Waals surface area (Å²) in [6, 6.07) is 24.0. The van der Waals surface area contributed by atoms with Crippen LogP contribution in [-0.2, 0) is 11.2 Å². The average Bonchev–Trinajstić information content (AvgIpc) is 2.78. The number of hydrogen-bond donors (Lipinski definition) is 1. The van der Waals surface area contributed by atoms with Crippen LogP contribution in [-0.4, -0.2) is 35.3 Å². The third kappa shape index (κ3) is 6.01. The second-order valence-corrected chi connectivity index (χ2v) is 6.89. The topological polar surface area (TPSA) is 62.3 Å². The number of pyridine rings is 1. The molecule has 1 unspecified atom stereocenters.